The Morgan fingerprint density at radius 2 is 0.873 bits per heavy atom. The molecule has 0 bridgehead atoms. The normalized spacial score (nSPS) is 11.6. The highest BCUT2D eigenvalue weighted by Gasteiger charge is 2.27. The molecule has 11 rings (SSSR count). The summed E-state index contributed by atoms with van der Waals surface area (Å²) < 4.78 is 13.8. The molecule has 3 heteroatoms. The number of hydrogen-bond donors (Lipinski definition) is 0. The van der Waals surface area contributed by atoms with Crippen LogP contribution in [0.4, 0.5) is 17.1 Å². The summed E-state index contributed by atoms with van der Waals surface area (Å²) in [4.78, 5) is 2.39. The lowest BCUT2D eigenvalue weighted by atomic mass is 9.93. The summed E-state index contributed by atoms with van der Waals surface area (Å²) in [6.07, 6.45) is 0. The number of hydrogen-bond acceptors (Lipinski definition) is 3. The molecule has 55 heavy (non-hydrogen) atoms. The molecule has 0 spiro atoms. The van der Waals surface area contributed by atoms with Gasteiger partial charge in [-0.25, -0.2) is 0 Å². The lowest BCUT2D eigenvalue weighted by Gasteiger charge is -2.29. The molecule has 3 nitrogen and oxygen atoms in total. The number of rotatable bonds is 6. The topological polar surface area (TPSA) is 29.5 Å². The second-order valence-electron chi connectivity index (χ2n) is 14.0. The number of furan rings is 2. The van der Waals surface area contributed by atoms with Crippen LogP contribution in [0, 0.1) is 0 Å². The van der Waals surface area contributed by atoms with Gasteiger partial charge in [0.05, 0.1) is 16.8 Å². The number of para-hydroxylation sites is 2. The van der Waals surface area contributed by atoms with E-state index in [1.54, 1.807) is 0 Å². The van der Waals surface area contributed by atoms with Crippen molar-refractivity contribution in [1.82, 2.24) is 0 Å². The Hall–Kier alpha value is -7.36. The minimum atomic E-state index is 0.822. The summed E-state index contributed by atoms with van der Waals surface area (Å²) >= 11 is 0. The highest BCUT2D eigenvalue weighted by Crippen LogP contribution is 2.52. The van der Waals surface area contributed by atoms with Crippen molar-refractivity contribution in [2.75, 3.05) is 4.90 Å². The number of anilines is 3. The van der Waals surface area contributed by atoms with Gasteiger partial charge in [-0.2, -0.15) is 0 Å². The molecule has 0 saturated carbocycles. The van der Waals surface area contributed by atoms with Gasteiger partial charge in [-0.3, -0.25) is 0 Å². The zero-order valence-corrected chi connectivity index (χ0v) is 29.8. The molecule has 9 aromatic carbocycles. The molecule has 0 aliphatic rings. The third-order valence-electron chi connectivity index (χ3n) is 10.9. The molecule has 0 N–H and O–H groups in total. The first-order valence-corrected chi connectivity index (χ1v) is 18.7. The second kappa shape index (κ2) is 12.6. The smallest absolute Gasteiger partial charge is 0.159 e. The van der Waals surface area contributed by atoms with Gasteiger partial charge in [0.2, 0.25) is 0 Å². The molecular formula is C52H33NO2. The molecule has 258 valence electrons. The van der Waals surface area contributed by atoms with Crippen molar-refractivity contribution >= 4 is 71.7 Å². The fourth-order valence-corrected chi connectivity index (χ4v) is 8.34. The standard InChI is InChI=1S/C52H33NO2/c1-4-15-34(16-5-1)35-27-29-38(30-28-35)53(46-25-14-24-43-41-22-12-13-26-47(41)54-52(43)46)50-39(36-17-6-2-7-18-36)31-32-48-49(50)45-33-44(37-19-8-3-9-20-37)40-21-10-11-23-42(40)51(45)55-48/h1-33H. The summed E-state index contributed by atoms with van der Waals surface area (Å²) in [6.45, 7) is 0. The highest BCUT2D eigenvalue weighted by molar-refractivity contribution is 6.25. The van der Waals surface area contributed by atoms with Crippen LogP contribution in [0.2, 0.25) is 0 Å². The molecule has 0 atom stereocenters. The highest BCUT2D eigenvalue weighted by atomic mass is 16.3. The van der Waals surface area contributed by atoms with Crippen LogP contribution < -0.4 is 4.90 Å². The van der Waals surface area contributed by atoms with E-state index >= 15 is 0 Å². The largest absolute Gasteiger partial charge is 0.455 e. The lowest BCUT2D eigenvalue weighted by molar-refractivity contribution is 0.669. The van der Waals surface area contributed by atoms with Crippen LogP contribution >= 0.6 is 0 Å². The van der Waals surface area contributed by atoms with E-state index in [1.807, 2.05) is 12.1 Å². The second-order valence-corrected chi connectivity index (χ2v) is 14.0. The van der Waals surface area contributed by atoms with Gasteiger partial charge in [0.25, 0.3) is 0 Å². The van der Waals surface area contributed by atoms with E-state index < -0.39 is 0 Å². The monoisotopic (exact) mass is 703 g/mol. The number of benzene rings is 9. The minimum absolute atomic E-state index is 0.822. The van der Waals surface area contributed by atoms with Crippen molar-refractivity contribution in [3.8, 4) is 33.4 Å². The molecule has 0 unspecified atom stereocenters. The first-order chi connectivity index (χ1) is 27.3. The third kappa shape index (κ3) is 5.05. The van der Waals surface area contributed by atoms with Crippen molar-refractivity contribution in [1.29, 1.82) is 0 Å². The molecule has 0 saturated heterocycles. The Morgan fingerprint density at radius 1 is 0.327 bits per heavy atom. The molecule has 2 aromatic heterocycles. The Morgan fingerprint density at radius 3 is 1.60 bits per heavy atom. The third-order valence-corrected chi connectivity index (χ3v) is 10.9. The van der Waals surface area contributed by atoms with E-state index in [9.17, 15) is 0 Å². The minimum Gasteiger partial charge on any atom is -0.455 e. The van der Waals surface area contributed by atoms with Gasteiger partial charge in [0, 0.05) is 32.8 Å². The van der Waals surface area contributed by atoms with Gasteiger partial charge >= 0.3 is 0 Å². The zero-order valence-electron chi connectivity index (χ0n) is 29.8. The fraction of sp³-hybridized carbons (Fsp3) is 0. The Bertz CT molecular complexity index is 3180. The Labute approximate surface area is 317 Å². The summed E-state index contributed by atoms with van der Waals surface area (Å²) in [5.41, 5.74) is 13.2. The van der Waals surface area contributed by atoms with Crippen LogP contribution in [-0.2, 0) is 0 Å². The number of nitrogens with zero attached hydrogens (tertiary/aromatic N) is 1. The van der Waals surface area contributed by atoms with Gasteiger partial charge < -0.3 is 13.7 Å². The maximum atomic E-state index is 6.97. The van der Waals surface area contributed by atoms with Crippen molar-refractivity contribution in [3.63, 3.8) is 0 Å². The molecule has 0 fully saturated rings. The van der Waals surface area contributed by atoms with Crippen molar-refractivity contribution < 1.29 is 8.83 Å². The first kappa shape index (κ1) is 31.2. The zero-order chi connectivity index (χ0) is 36.3. The van der Waals surface area contributed by atoms with E-state index in [-0.39, 0.29) is 0 Å². The van der Waals surface area contributed by atoms with Gasteiger partial charge in [-0.1, -0.05) is 158 Å². The predicted molar refractivity (Wildman–Crippen MR) is 229 cm³/mol. The van der Waals surface area contributed by atoms with Gasteiger partial charge in [-0.05, 0) is 75.7 Å². The molecule has 0 amide bonds. The maximum absolute atomic E-state index is 6.97. The van der Waals surface area contributed by atoms with E-state index in [2.05, 4.69) is 193 Å². The van der Waals surface area contributed by atoms with Crippen LogP contribution in [-0.4, -0.2) is 0 Å². The van der Waals surface area contributed by atoms with Crippen molar-refractivity contribution in [3.05, 3.63) is 200 Å². The van der Waals surface area contributed by atoms with Gasteiger partial charge in [0.15, 0.2) is 5.58 Å². The molecule has 0 aliphatic carbocycles. The molecular weight excluding hydrogens is 671 g/mol. The fourth-order valence-electron chi connectivity index (χ4n) is 8.34. The average Bonchev–Trinajstić information content (AvgIpc) is 3.84. The average molecular weight is 704 g/mol. The van der Waals surface area contributed by atoms with Crippen LogP contribution in [0.5, 0.6) is 0 Å². The first-order valence-electron chi connectivity index (χ1n) is 18.7. The summed E-state index contributed by atoms with van der Waals surface area (Å²) in [7, 11) is 0. The number of fused-ring (bicyclic) bond motifs is 8. The van der Waals surface area contributed by atoms with Gasteiger partial charge in [-0.15, -0.1) is 0 Å². The van der Waals surface area contributed by atoms with E-state index in [0.29, 0.717) is 0 Å². The Kier molecular flexibility index (Phi) is 7.17. The molecule has 0 aliphatic heterocycles. The summed E-state index contributed by atoms with van der Waals surface area (Å²) in [5, 5.41) is 6.50. The molecule has 2 heterocycles. The van der Waals surface area contributed by atoms with Crippen molar-refractivity contribution in [2.24, 2.45) is 0 Å². The van der Waals surface area contributed by atoms with Crippen LogP contribution in [0.25, 0.3) is 88.0 Å². The molecule has 11 aromatic rings. The summed E-state index contributed by atoms with van der Waals surface area (Å²) in [6, 6.07) is 70.8. The maximum Gasteiger partial charge on any atom is 0.159 e. The van der Waals surface area contributed by atoms with Gasteiger partial charge in [0.1, 0.15) is 16.7 Å². The molecule has 0 radical (unpaired) electrons. The van der Waals surface area contributed by atoms with Crippen molar-refractivity contribution in [2.45, 2.75) is 0 Å². The Balaban J connectivity index is 1.29. The van der Waals surface area contributed by atoms with Crippen LogP contribution in [0.1, 0.15) is 0 Å². The van der Waals surface area contributed by atoms with Crippen LogP contribution in [0.15, 0.2) is 209 Å². The SMILES string of the molecule is c1ccc(-c2ccc(N(c3cccc4c3oc3ccccc34)c3c(-c4ccccc4)ccc4oc5c6ccccc6c(-c6ccccc6)cc5c34)cc2)cc1. The quantitative estimate of drug-likeness (QED) is 0.173. The summed E-state index contributed by atoms with van der Waals surface area (Å²) in [5.74, 6) is 0. The lowest BCUT2D eigenvalue weighted by Crippen LogP contribution is -2.12. The van der Waals surface area contributed by atoms with E-state index in [4.69, 9.17) is 8.83 Å². The predicted octanol–water partition coefficient (Wildman–Crippen LogP) is 15.1. The van der Waals surface area contributed by atoms with Crippen LogP contribution in [0.3, 0.4) is 0 Å². The van der Waals surface area contributed by atoms with E-state index in [1.165, 1.54) is 11.1 Å². The van der Waals surface area contributed by atoms with E-state index in [0.717, 1.165) is 94.0 Å².